The second-order valence-electron chi connectivity index (χ2n) is 2.90. The topological polar surface area (TPSA) is 138 Å². The van der Waals surface area contributed by atoms with Gasteiger partial charge in [0.2, 0.25) is 4.75 Å². The summed E-state index contributed by atoms with van der Waals surface area (Å²) in [7, 11) is 0. The smallest absolute Gasteiger partial charge is 0.331 e. The summed E-state index contributed by atoms with van der Waals surface area (Å²) in [5.41, 5.74) is 5.12. The lowest BCUT2D eigenvalue weighted by Crippen LogP contribution is -2.43. The van der Waals surface area contributed by atoms with E-state index in [9.17, 15) is 14.4 Å². The fourth-order valence-electron chi connectivity index (χ4n) is 0.543. The minimum absolute atomic E-state index is 0.287. The second-order valence-corrected chi connectivity index (χ2v) is 4.34. The van der Waals surface area contributed by atoms with Gasteiger partial charge in [0.05, 0.1) is 0 Å². The minimum Gasteiger partial charge on any atom is -0.480 e. The van der Waals surface area contributed by atoms with Crippen LogP contribution in [0.3, 0.4) is 0 Å². The summed E-state index contributed by atoms with van der Waals surface area (Å²) in [6.45, 7) is 0.983. The number of rotatable bonds is 6. The van der Waals surface area contributed by atoms with Crippen molar-refractivity contribution < 1.29 is 29.7 Å². The molecule has 5 N–H and O–H groups in total. The Labute approximate surface area is 89.3 Å². The number of carboxylic acids is 3. The average molecular weight is 237 g/mol. The van der Waals surface area contributed by atoms with Crippen LogP contribution in [0, 0.1) is 0 Å². The van der Waals surface area contributed by atoms with Crippen molar-refractivity contribution >= 4 is 29.7 Å². The highest BCUT2D eigenvalue weighted by Gasteiger charge is 2.42. The standard InChI is InChI=1S/C7H11NO6S/c1-7(5(11)12,6(13)14)15-2-3(8)4(9)10/h3H,2,8H2,1H3,(H,9,10)(H,11,12)(H,13,14)/t3-/m0/s1. The van der Waals surface area contributed by atoms with Gasteiger partial charge in [0, 0.05) is 5.75 Å². The normalized spacial score (nSPS) is 13.2. The summed E-state index contributed by atoms with van der Waals surface area (Å²) >= 11 is 0.472. The number of thioether (sulfide) groups is 1. The molecule has 1 atom stereocenters. The molecule has 0 rings (SSSR count). The fraction of sp³-hybridized carbons (Fsp3) is 0.571. The zero-order chi connectivity index (χ0) is 12.2. The third-order valence-electron chi connectivity index (χ3n) is 1.68. The lowest BCUT2D eigenvalue weighted by molar-refractivity contribution is -0.151. The average Bonchev–Trinajstić information content (AvgIpc) is 2.12. The monoisotopic (exact) mass is 237 g/mol. The highest BCUT2D eigenvalue weighted by Crippen LogP contribution is 2.26. The molecule has 0 unspecified atom stereocenters. The molecule has 0 aliphatic carbocycles. The van der Waals surface area contributed by atoms with Crippen LogP contribution in [0.5, 0.6) is 0 Å². The third kappa shape index (κ3) is 3.40. The van der Waals surface area contributed by atoms with Gasteiger partial charge in [-0.3, -0.25) is 14.4 Å². The predicted octanol–water partition coefficient (Wildman–Crippen LogP) is -0.941. The van der Waals surface area contributed by atoms with Gasteiger partial charge >= 0.3 is 17.9 Å². The first-order valence-corrected chi connectivity index (χ1v) is 4.79. The van der Waals surface area contributed by atoms with Crippen molar-refractivity contribution in [3.63, 3.8) is 0 Å². The van der Waals surface area contributed by atoms with E-state index in [4.69, 9.17) is 21.1 Å². The molecule has 0 spiro atoms. The predicted molar refractivity (Wildman–Crippen MR) is 51.7 cm³/mol. The van der Waals surface area contributed by atoms with Crippen LogP contribution < -0.4 is 5.73 Å². The summed E-state index contributed by atoms with van der Waals surface area (Å²) in [5.74, 6) is -4.68. The lowest BCUT2D eigenvalue weighted by Gasteiger charge is -2.19. The highest BCUT2D eigenvalue weighted by atomic mass is 32.2. The number of carboxylic acid groups (broad SMARTS) is 3. The van der Waals surface area contributed by atoms with Crippen LogP contribution in [-0.4, -0.2) is 49.8 Å². The van der Waals surface area contributed by atoms with Gasteiger partial charge in [0.15, 0.2) is 0 Å². The van der Waals surface area contributed by atoms with E-state index >= 15 is 0 Å². The molecule has 0 heterocycles. The molecule has 0 aliphatic rings. The van der Waals surface area contributed by atoms with Crippen LogP contribution in [0.2, 0.25) is 0 Å². The molecule has 7 nitrogen and oxygen atoms in total. The van der Waals surface area contributed by atoms with E-state index in [1.165, 1.54) is 0 Å². The van der Waals surface area contributed by atoms with E-state index in [-0.39, 0.29) is 5.75 Å². The first-order chi connectivity index (χ1) is 6.71. The minimum atomic E-state index is -2.08. The van der Waals surface area contributed by atoms with Gasteiger partial charge in [-0.15, -0.1) is 11.8 Å². The Kier molecular flexibility index (Phi) is 4.56. The molecule has 0 radical (unpaired) electrons. The van der Waals surface area contributed by atoms with Gasteiger partial charge in [0.1, 0.15) is 6.04 Å². The maximum absolute atomic E-state index is 10.7. The second kappa shape index (κ2) is 4.99. The molecule has 0 amide bonds. The molecule has 0 saturated carbocycles. The van der Waals surface area contributed by atoms with Gasteiger partial charge in [-0.05, 0) is 6.92 Å². The van der Waals surface area contributed by atoms with Crippen molar-refractivity contribution in [3.05, 3.63) is 0 Å². The number of aliphatic carboxylic acids is 3. The molecular weight excluding hydrogens is 226 g/mol. The molecule has 0 aromatic rings. The molecule has 8 heteroatoms. The Bertz CT molecular complexity index is 277. The van der Waals surface area contributed by atoms with Gasteiger partial charge < -0.3 is 21.1 Å². The van der Waals surface area contributed by atoms with Gasteiger partial charge in [-0.1, -0.05) is 0 Å². The molecule has 0 aromatic carbocycles. The molecular formula is C7H11NO6S. The van der Waals surface area contributed by atoms with E-state index in [1.54, 1.807) is 0 Å². The zero-order valence-electron chi connectivity index (χ0n) is 7.84. The van der Waals surface area contributed by atoms with Gasteiger partial charge in [-0.25, -0.2) is 0 Å². The first kappa shape index (κ1) is 13.7. The molecule has 0 bridgehead atoms. The first-order valence-electron chi connectivity index (χ1n) is 3.81. The highest BCUT2D eigenvalue weighted by molar-refractivity contribution is 8.02. The number of hydrogen-bond acceptors (Lipinski definition) is 5. The number of nitrogens with two attached hydrogens (primary N) is 1. The van der Waals surface area contributed by atoms with Crippen LogP contribution in [0.1, 0.15) is 6.92 Å². The Balaban J connectivity index is 4.53. The Morgan fingerprint density at radius 2 is 1.67 bits per heavy atom. The van der Waals surface area contributed by atoms with Crippen molar-refractivity contribution in [2.75, 3.05) is 5.75 Å². The van der Waals surface area contributed by atoms with Crippen molar-refractivity contribution in [1.29, 1.82) is 0 Å². The maximum atomic E-state index is 10.7. The van der Waals surface area contributed by atoms with Crippen molar-refractivity contribution in [3.8, 4) is 0 Å². The Morgan fingerprint density at radius 1 is 1.27 bits per heavy atom. The van der Waals surface area contributed by atoms with Crippen molar-refractivity contribution in [2.45, 2.75) is 17.7 Å². The van der Waals surface area contributed by atoms with Crippen LogP contribution in [0.25, 0.3) is 0 Å². The van der Waals surface area contributed by atoms with Crippen molar-refractivity contribution in [2.24, 2.45) is 5.73 Å². The molecule has 0 fully saturated rings. The Morgan fingerprint density at radius 3 is 1.93 bits per heavy atom. The summed E-state index contributed by atoms with van der Waals surface area (Å²) in [4.78, 5) is 31.6. The molecule has 0 saturated heterocycles. The molecule has 0 aromatic heterocycles. The largest absolute Gasteiger partial charge is 0.480 e. The third-order valence-corrected chi connectivity index (χ3v) is 3.14. The van der Waals surface area contributed by atoms with E-state index in [0.29, 0.717) is 11.8 Å². The quantitative estimate of drug-likeness (QED) is 0.434. The number of hydrogen-bond donors (Lipinski definition) is 4. The van der Waals surface area contributed by atoms with Gasteiger partial charge in [-0.2, -0.15) is 0 Å². The summed E-state index contributed by atoms with van der Waals surface area (Å²) in [6.07, 6.45) is 0. The van der Waals surface area contributed by atoms with Crippen LogP contribution in [-0.2, 0) is 14.4 Å². The van der Waals surface area contributed by atoms with Gasteiger partial charge in [0.25, 0.3) is 0 Å². The summed E-state index contributed by atoms with van der Waals surface area (Å²) in [5, 5.41) is 25.8. The van der Waals surface area contributed by atoms with E-state index in [2.05, 4.69) is 0 Å². The summed E-state index contributed by atoms with van der Waals surface area (Å²) in [6, 6.07) is -1.28. The summed E-state index contributed by atoms with van der Waals surface area (Å²) < 4.78 is -2.08. The fourth-order valence-corrected chi connectivity index (χ4v) is 1.45. The van der Waals surface area contributed by atoms with Crippen LogP contribution in [0.15, 0.2) is 0 Å². The molecule has 15 heavy (non-hydrogen) atoms. The lowest BCUT2D eigenvalue weighted by atomic mass is 10.2. The zero-order valence-corrected chi connectivity index (χ0v) is 8.65. The van der Waals surface area contributed by atoms with Crippen LogP contribution >= 0.6 is 11.8 Å². The van der Waals surface area contributed by atoms with E-state index in [0.717, 1.165) is 6.92 Å². The van der Waals surface area contributed by atoms with E-state index < -0.39 is 28.7 Å². The molecule has 86 valence electrons. The van der Waals surface area contributed by atoms with Crippen molar-refractivity contribution in [1.82, 2.24) is 0 Å². The van der Waals surface area contributed by atoms with Crippen LogP contribution in [0.4, 0.5) is 0 Å². The molecule has 0 aliphatic heterocycles. The SMILES string of the molecule is CC(SC[C@H](N)C(=O)O)(C(=O)O)C(=O)O. The Hall–Kier alpha value is -1.28. The van der Waals surface area contributed by atoms with E-state index in [1.807, 2.05) is 0 Å². The number of carbonyl (C=O) groups is 3. The maximum Gasteiger partial charge on any atom is 0.331 e.